The first-order chi connectivity index (χ1) is 17.0. The predicted octanol–water partition coefficient (Wildman–Crippen LogP) is 4.57. The van der Waals surface area contributed by atoms with Crippen LogP contribution in [0.4, 0.5) is 18.9 Å². The highest BCUT2D eigenvalue weighted by Crippen LogP contribution is 2.30. The number of alkyl halides is 3. The van der Waals surface area contributed by atoms with E-state index in [-0.39, 0.29) is 55.5 Å². The number of likely N-dealkylation sites (N-methyl/N-ethyl adjacent to an activating group) is 1. The van der Waals surface area contributed by atoms with E-state index in [0.717, 1.165) is 25.7 Å². The van der Waals surface area contributed by atoms with Gasteiger partial charge in [0.15, 0.2) is 0 Å². The van der Waals surface area contributed by atoms with Crippen LogP contribution in [-0.4, -0.2) is 80.3 Å². The lowest BCUT2D eigenvalue weighted by atomic mass is 10.0. The van der Waals surface area contributed by atoms with Gasteiger partial charge in [-0.05, 0) is 37.8 Å². The van der Waals surface area contributed by atoms with Gasteiger partial charge in [0.25, 0.3) is 5.91 Å². The molecule has 0 spiro atoms. The van der Waals surface area contributed by atoms with Gasteiger partial charge >= 0.3 is 6.18 Å². The molecule has 3 rings (SSSR count). The summed E-state index contributed by atoms with van der Waals surface area (Å²) in [5.74, 6) is -0.146. The number of amides is 2. The molecule has 2 aliphatic rings. The van der Waals surface area contributed by atoms with Crippen LogP contribution in [0.15, 0.2) is 18.2 Å². The summed E-state index contributed by atoms with van der Waals surface area (Å²) in [5.41, 5.74) is 0.853. The first kappa shape index (κ1) is 28.2. The summed E-state index contributed by atoms with van der Waals surface area (Å²) in [7, 11) is 3.21. The molecule has 1 aromatic carbocycles. The molecule has 1 fully saturated rings. The number of anilines is 1. The van der Waals surface area contributed by atoms with Gasteiger partial charge in [-0.3, -0.25) is 14.5 Å². The van der Waals surface area contributed by atoms with E-state index < -0.39 is 12.6 Å². The predicted molar refractivity (Wildman–Crippen MR) is 131 cm³/mol. The van der Waals surface area contributed by atoms with E-state index >= 15 is 0 Å². The van der Waals surface area contributed by atoms with Crippen LogP contribution in [0.3, 0.4) is 0 Å². The fourth-order valence-electron chi connectivity index (χ4n) is 4.94. The topological polar surface area (TPSA) is 71.1 Å². The van der Waals surface area contributed by atoms with Crippen molar-refractivity contribution in [3.05, 3.63) is 23.8 Å². The van der Waals surface area contributed by atoms with Gasteiger partial charge in [0.1, 0.15) is 12.4 Å². The van der Waals surface area contributed by atoms with Crippen molar-refractivity contribution in [3.8, 4) is 5.75 Å². The average Bonchev–Trinajstić information content (AvgIpc) is 3.37. The molecule has 1 heterocycles. The Morgan fingerprint density at radius 3 is 2.53 bits per heavy atom. The second-order valence-corrected chi connectivity index (χ2v) is 10.1. The van der Waals surface area contributed by atoms with E-state index in [9.17, 15) is 22.8 Å². The van der Waals surface area contributed by atoms with Gasteiger partial charge in [0.05, 0.1) is 18.1 Å². The number of carbonyl (C=O) groups is 2. The van der Waals surface area contributed by atoms with Gasteiger partial charge in [-0.1, -0.05) is 19.8 Å². The largest absolute Gasteiger partial charge is 0.491 e. The standard InChI is InChI=1S/C26H38F3N3O4/c1-17-14-32(12-11-26(27,28)29)18(2)16-36-22-13-20(30-24(33)19-7-5-6-8-19)9-10-21(22)25(34)31(3)15-23(17)35-4/h9-10,13,17-19,23H,5-8,11-12,14-16H2,1-4H3,(H,30,33)/t17-,18-,23-/m0/s1. The Kier molecular flexibility index (Phi) is 9.63. The number of fused-ring (bicyclic) bond motifs is 1. The lowest BCUT2D eigenvalue weighted by Gasteiger charge is -2.36. The maximum atomic E-state index is 13.3. The average molecular weight is 514 g/mol. The summed E-state index contributed by atoms with van der Waals surface area (Å²) in [6.07, 6.45) is -1.74. The van der Waals surface area contributed by atoms with Crippen LogP contribution in [0, 0.1) is 11.8 Å². The van der Waals surface area contributed by atoms with Gasteiger partial charge in [-0.15, -0.1) is 0 Å². The minimum absolute atomic E-state index is 0.0187. The number of rotatable bonds is 5. The number of hydrogen-bond acceptors (Lipinski definition) is 5. The highest BCUT2D eigenvalue weighted by atomic mass is 19.4. The highest BCUT2D eigenvalue weighted by molar-refractivity contribution is 5.98. The molecule has 0 radical (unpaired) electrons. The molecular weight excluding hydrogens is 475 g/mol. The molecule has 0 aromatic heterocycles. The van der Waals surface area contributed by atoms with Gasteiger partial charge in [0.2, 0.25) is 5.91 Å². The van der Waals surface area contributed by atoms with Crippen LogP contribution in [0.5, 0.6) is 5.75 Å². The second-order valence-electron chi connectivity index (χ2n) is 10.1. The van der Waals surface area contributed by atoms with E-state index in [1.165, 1.54) is 4.90 Å². The number of halogens is 3. The molecule has 1 aliphatic carbocycles. The fourth-order valence-corrected chi connectivity index (χ4v) is 4.94. The molecule has 7 nitrogen and oxygen atoms in total. The summed E-state index contributed by atoms with van der Waals surface area (Å²) >= 11 is 0. The molecule has 1 aliphatic heterocycles. The molecule has 1 saturated carbocycles. The monoisotopic (exact) mass is 513 g/mol. The SMILES string of the molecule is CO[C@H]1CN(C)C(=O)c2ccc(NC(=O)C3CCCC3)cc2OC[C@H](C)N(CCC(F)(F)F)C[C@@H]1C. The van der Waals surface area contributed by atoms with Crippen LogP contribution in [0.2, 0.25) is 0 Å². The molecule has 1 aromatic rings. The van der Waals surface area contributed by atoms with E-state index in [1.54, 1.807) is 37.3 Å². The molecule has 0 saturated heterocycles. The second kappa shape index (κ2) is 12.3. The van der Waals surface area contributed by atoms with Crippen LogP contribution in [0.1, 0.15) is 56.3 Å². The number of hydrogen-bond donors (Lipinski definition) is 1. The number of ether oxygens (including phenoxy) is 2. The van der Waals surface area contributed by atoms with Crippen molar-refractivity contribution in [3.63, 3.8) is 0 Å². The van der Waals surface area contributed by atoms with Crippen LogP contribution in [0.25, 0.3) is 0 Å². The maximum Gasteiger partial charge on any atom is 0.390 e. The Balaban J connectivity index is 1.87. The summed E-state index contributed by atoms with van der Waals surface area (Å²) in [4.78, 5) is 29.2. The zero-order valence-electron chi connectivity index (χ0n) is 21.6. The van der Waals surface area contributed by atoms with Crippen molar-refractivity contribution in [1.29, 1.82) is 0 Å². The van der Waals surface area contributed by atoms with E-state index in [4.69, 9.17) is 9.47 Å². The first-order valence-corrected chi connectivity index (χ1v) is 12.6. The lowest BCUT2D eigenvalue weighted by molar-refractivity contribution is -0.140. The maximum absolute atomic E-state index is 13.3. The molecule has 202 valence electrons. The lowest BCUT2D eigenvalue weighted by Crippen LogP contribution is -2.47. The quantitative estimate of drug-likeness (QED) is 0.625. The third-order valence-corrected chi connectivity index (χ3v) is 7.25. The summed E-state index contributed by atoms with van der Waals surface area (Å²) in [5, 5.41) is 2.93. The molecule has 1 N–H and O–H groups in total. The zero-order chi connectivity index (χ0) is 26.5. The number of carbonyl (C=O) groups excluding carboxylic acids is 2. The van der Waals surface area contributed by atoms with Crippen LogP contribution < -0.4 is 10.1 Å². The molecule has 0 unspecified atom stereocenters. The van der Waals surface area contributed by atoms with Crippen molar-refractivity contribution in [2.75, 3.05) is 45.7 Å². The highest BCUT2D eigenvalue weighted by Gasteiger charge is 2.32. The molecule has 2 amide bonds. The number of nitrogens with zero attached hydrogens (tertiary/aromatic N) is 2. The minimum atomic E-state index is -4.26. The molecule has 36 heavy (non-hydrogen) atoms. The fraction of sp³-hybridized carbons (Fsp3) is 0.692. The minimum Gasteiger partial charge on any atom is -0.491 e. The van der Waals surface area contributed by atoms with Crippen molar-refractivity contribution in [2.24, 2.45) is 11.8 Å². The molecule has 0 bridgehead atoms. The summed E-state index contributed by atoms with van der Waals surface area (Å²) in [6, 6.07) is 4.59. The normalized spacial score (nSPS) is 25.0. The Bertz CT molecular complexity index is 905. The van der Waals surface area contributed by atoms with Crippen molar-refractivity contribution < 1.29 is 32.2 Å². The van der Waals surface area contributed by atoms with Crippen molar-refractivity contribution in [1.82, 2.24) is 9.80 Å². The van der Waals surface area contributed by atoms with E-state index in [0.29, 0.717) is 23.5 Å². The van der Waals surface area contributed by atoms with Crippen molar-refractivity contribution >= 4 is 17.5 Å². The molecule has 3 atom stereocenters. The van der Waals surface area contributed by atoms with Crippen molar-refractivity contribution in [2.45, 2.75) is 64.3 Å². The summed E-state index contributed by atoms with van der Waals surface area (Å²) < 4.78 is 50.7. The Morgan fingerprint density at radius 2 is 1.89 bits per heavy atom. The van der Waals surface area contributed by atoms with Gasteiger partial charge in [-0.25, -0.2) is 0 Å². The van der Waals surface area contributed by atoms with Crippen LogP contribution in [-0.2, 0) is 9.53 Å². The first-order valence-electron chi connectivity index (χ1n) is 12.6. The Labute approximate surface area is 211 Å². The molecule has 10 heteroatoms. The molecular formula is C26H38F3N3O4. The van der Waals surface area contributed by atoms with Crippen LogP contribution >= 0.6 is 0 Å². The third-order valence-electron chi connectivity index (χ3n) is 7.25. The Hall–Kier alpha value is -2.33. The Morgan fingerprint density at radius 1 is 1.19 bits per heavy atom. The smallest absolute Gasteiger partial charge is 0.390 e. The van der Waals surface area contributed by atoms with E-state index in [1.807, 2.05) is 13.8 Å². The van der Waals surface area contributed by atoms with Gasteiger partial charge < -0.3 is 19.7 Å². The summed E-state index contributed by atoms with van der Waals surface area (Å²) in [6.45, 7) is 4.30. The van der Waals surface area contributed by atoms with E-state index in [2.05, 4.69) is 5.32 Å². The third kappa shape index (κ3) is 7.59. The number of benzene rings is 1. The van der Waals surface area contributed by atoms with Gasteiger partial charge in [0, 0.05) is 57.5 Å². The zero-order valence-corrected chi connectivity index (χ0v) is 21.6. The number of nitrogens with one attached hydrogen (secondary N) is 1. The number of methoxy groups -OCH3 is 1. The van der Waals surface area contributed by atoms with Gasteiger partial charge in [-0.2, -0.15) is 13.2 Å².